The summed E-state index contributed by atoms with van der Waals surface area (Å²) in [5.74, 6) is -0.960. The van der Waals surface area contributed by atoms with Gasteiger partial charge in [0.1, 0.15) is 6.54 Å². The monoisotopic (exact) mass is 255 g/mol. The second kappa shape index (κ2) is 6.18. The van der Waals surface area contributed by atoms with E-state index in [-0.39, 0.29) is 24.6 Å². The lowest BCUT2D eigenvalue weighted by Crippen LogP contribution is -2.37. The van der Waals surface area contributed by atoms with Crippen LogP contribution in [-0.4, -0.2) is 47.2 Å². The molecule has 0 unspecified atom stereocenters. The zero-order valence-corrected chi connectivity index (χ0v) is 10.6. The summed E-state index contributed by atoms with van der Waals surface area (Å²) in [5.41, 5.74) is 0. The van der Waals surface area contributed by atoms with E-state index >= 15 is 0 Å². The summed E-state index contributed by atoms with van der Waals surface area (Å²) in [7, 11) is 0. The molecule has 5 heteroatoms. The Balaban J connectivity index is 1.75. The summed E-state index contributed by atoms with van der Waals surface area (Å²) in [6, 6.07) is 0.167. The fourth-order valence-electron chi connectivity index (χ4n) is 2.42. The standard InChI is InChI=1S/C13H21NO4/c15-12(7-6-11-3-1-2-8-18-11)14(9-13(16)17)10-4-5-10/h10-11H,1-9H2,(H,16,17)/t11-/m1/s1. The molecule has 1 aliphatic heterocycles. The Morgan fingerprint density at radius 3 is 2.56 bits per heavy atom. The van der Waals surface area contributed by atoms with Gasteiger partial charge in [0.05, 0.1) is 6.10 Å². The Kier molecular flexibility index (Phi) is 4.58. The SMILES string of the molecule is O=C(O)CN(C(=O)CC[C@H]1CCCCO1)C1CC1. The Labute approximate surface area is 107 Å². The van der Waals surface area contributed by atoms with Crippen LogP contribution in [0.2, 0.25) is 0 Å². The first kappa shape index (κ1) is 13.3. The molecule has 0 bridgehead atoms. The zero-order valence-electron chi connectivity index (χ0n) is 10.6. The van der Waals surface area contributed by atoms with E-state index in [0.717, 1.165) is 38.7 Å². The van der Waals surface area contributed by atoms with E-state index in [1.54, 1.807) is 0 Å². The molecule has 2 rings (SSSR count). The highest BCUT2D eigenvalue weighted by molar-refractivity contribution is 5.81. The van der Waals surface area contributed by atoms with Crippen molar-refractivity contribution in [1.29, 1.82) is 0 Å². The molecule has 2 aliphatic rings. The van der Waals surface area contributed by atoms with Gasteiger partial charge in [-0.2, -0.15) is 0 Å². The van der Waals surface area contributed by atoms with Gasteiger partial charge in [-0.3, -0.25) is 9.59 Å². The maximum absolute atomic E-state index is 12.0. The highest BCUT2D eigenvalue weighted by Gasteiger charge is 2.33. The number of rotatable bonds is 6. The van der Waals surface area contributed by atoms with Crippen LogP contribution >= 0.6 is 0 Å². The van der Waals surface area contributed by atoms with Crippen LogP contribution in [0.4, 0.5) is 0 Å². The quantitative estimate of drug-likeness (QED) is 0.779. The number of nitrogens with zero attached hydrogens (tertiary/aromatic N) is 1. The maximum atomic E-state index is 12.0. The second-order valence-electron chi connectivity index (χ2n) is 5.17. The summed E-state index contributed by atoms with van der Waals surface area (Å²) < 4.78 is 5.58. The number of amides is 1. The number of hydrogen-bond acceptors (Lipinski definition) is 3. The van der Waals surface area contributed by atoms with Crippen LogP contribution in [0.1, 0.15) is 44.9 Å². The van der Waals surface area contributed by atoms with Crippen LogP contribution in [0, 0.1) is 0 Å². The van der Waals surface area contributed by atoms with E-state index in [1.165, 1.54) is 11.3 Å². The number of hydrogen-bond donors (Lipinski definition) is 1. The van der Waals surface area contributed by atoms with Crippen molar-refractivity contribution in [3.63, 3.8) is 0 Å². The Bertz CT molecular complexity index is 308. The van der Waals surface area contributed by atoms with Crippen LogP contribution in [-0.2, 0) is 14.3 Å². The summed E-state index contributed by atoms with van der Waals surface area (Å²) in [4.78, 5) is 24.3. The van der Waals surface area contributed by atoms with Gasteiger partial charge in [-0.05, 0) is 38.5 Å². The minimum absolute atomic E-state index is 0.0333. The molecule has 0 aromatic rings. The number of carboxylic acids is 1. The predicted octanol–water partition coefficient (Wildman–Crippen LogP) is 1.41. The highest BCUT2D eigenvalue weighted by Crippen LogP contribution is 2.28. The number of ether oxygens (including phenoxy) is 1. The molecule has 2 fully saturated rings. The van der Waals surface area contributed by atoms with E-state index in [1.807, 2.05) is 0 Å². The topological polar surface area (TPSA) is 66.8 Å². The molecule has 0 aromatic heterocycles. The molecule has 1 atom stereocenters. The third-order valence-corrected chi connectivity index (χ3v) is 3.57. The van der Waals surface area contributed by atoms with E-state index in [2.05, 4.69) is 0 Å². The molecule has 1 saturated heterocycles. The van der Waals surface area contributed by atoms with Gasteiger partial charge in [0.25, 0.3) is 0 Å². The fourth-order valence-corrected chi connectivity index (χ4v) is 2.42. The lowest BCUT2D eigenvalue weighted by molar-refractivity contribution is -0.145. The number of aliphatic carboxylic acids is 1. The van der Waals surface area contributed by atoms with Crippen LogP contribution in [0.15, 0.2) is 0 Å². The fraction of sp³-hybridized carbons (Fsp3) is 0.846. The maximum Gasteiger partial charge on any atom is 0.323 e. The lowest BCUT2D eigenvalue weighted by Gasteiger charge is -2.24. The van der Waals surface area contributed by atoms with Crippen molar-refractivity contribution >= 4 is 11.9 Å². The zero-order chi connectivity index (χ0) is 13.0. The predicted molar refractivity (Wildman–Crippen MR) is 65.2 cm³/mol. The normalized spacial score (nSPS) is 23.7. The highest BCUT2D eigenvalue weighted by atomic mass is 16.5. The minimum atomic E-state index is -0.927. The van der Waals surface area contributed by atoms with Gasteiger partial charge in [0.15, 0.2) is 0 Å². The smallest absolute Gasteiger partial charge is 0.323 e. The molecule has 1 amide bonds. The summed E-state index contributed by atoms with van der Waals surface area (Å²) in [6.45, 7) is 0.634. The molecular weight excluding hydrogens is 234 g/mol. The van der Waals surface area contributed by atoms with Gasteiger partial charge < -0.3 is 14.7 Å². The molecule has 1 aliphatic carbocycles. The van der Waals surface area contributed by atoms with Gasteiger partial charge in [0, 0.05) is 19.1 Å². The largest absolute Gasteiger partial charge is 0.480 e. The van der Waals surface area contributed by atoms with E-state index in [9.17, 15) is 9.59 Å². The number of carbonyl (C=O) groups excluding carboxylic acids is 1. The Morgan fingerprint density at radius 2 is 2.00 bits per heavy atom. The lowest BCUT2D eigenvalue weighted by atomic mass is 10.0. The number of carboxylic acid groups (broad SMARTS) is 1. The first-order valence-electron chi connectivity index (χ1n) is 6.79. The van der Waals surface area contributed by atoms with Crippen LogP contribution < -0.4 is 0 Å². The molecule has 0 aromatic carbocycles. The summed E-state index contributed by atoms with van der Waals surface area (Å²) in [6.07, 6.45) is 6.51. The van der Waals surface area contributed by atoms with E-state index in [4.69, 9.17) is 9.84 Å². The van der Waals surface area contributed by atoms with Crippen LogP contribution in [0.25, 0.3) is 0 Å². The first-order chi connectivity index (χ1) is 8.66. The Hall–Kier alpha value is -1.10. The van der Waals surface area contributed by atoms with Crippen molar-refractivity contribution in [2.24, 2.45) is 0 Å². The third-order valence-electron chi connectivity index (χ3n) is 3.57. The molecule has 0 spiro atoms. The molecule has 1 N–H and O–H groups in total. The van der Waals surface area contributed by atoms with Crippen molar-refractivity contribution in [3.05, 3.63) is 0 Å². The van der Waals surface area contributed by atoms with E-state index < -0.39 is 5.97 Å². The van der Waals surface area contributed by atoms with Gasteiger partial charge in [-0.15, -0.1) is 0 Å². The van der Waals surface area contributed by atoms with Crippen molar-refractivity contribution < 1.29 is 19.4 Å². The minimum Gasteiger partial charge on any atom is -0.480 e. The van der Waals surface area contributed by atoms with Crippen molar-refractivity contribution in [1.82, 2.24) is 4.90 Å². The molecule has 1 saturated carbocycles. The molecule has 18 heavy (non-hydrogen) atoms. The van der Waals surface area contributed by atoms with Gasteiger partial charge in [-0.1, -0.05) is 0 Å². The van der Waals surface area contributed by atoms with Gasteiger partial charge in [0.2, 0.25) is 5.91 Å². The van der Waals surface area contributed by atoms with Gasteiger partial charge in [-0.25, -0.2) is 0 Å². The summed E-state index contributed by atoms with van der Waals surface area (Å²) >= 11 is 0. The molecule has 5 nitrogen and oxygen atoms in total. The van der Waals surface area contributed by atoms with Crippen molar-refractivity contribution in [2.45, 2.75) is 57.1 Å². The Morgan fingerprint density at radius 1 is 1.22 bits per heavy atom. The first-order valence-corrected chi connectivity index (χ1v) is 6.79. The summed E-state index contributed by atoms with van der Waals surface area (Å²) in [5, 5.41) is 8.81. The molecule has 1 heterocycles. The number of carbonyl (C=O) groups is 2. The van der Waals surface area contributed by atoms with E-state index in [0.29, 0.717) is 6.42 Å². The van der Waals surface area contributed by atoms with Crippen molar-refractivity contribution in [2.75, 3.05) is 13.2 Å². The van der Waals surface area contributed by atoms with Crippen LogP contribution in [0.3, 0.4) is 0 Å². The molecular formula is C13H21NO4. The van der Waals surface area contributed by atoms with Crippen molar-refractivity contribution in [3.8, 4) is 0 Å². The average molecular weight is 255 g/mol. The van der Waals surface area contributed by atoms with Gasteiger partial charge >= 0.3 is 5.97 Å². The third kappa shape index (κ3) is 3.98. The second-order valence-corrected chi connectivity index (χ2v) is 5.17. The average Bonchev–Trinajstić information content (AvgIpc) is 3.18. The molecule has 0 radical (unpaired) electrons. The molecule has 102 valence electrons. The van der Waals surface area contributed by atoms with Crippen LogP contribution in [0.5, 0.6) is 0 Å².